The highest BCUT2D eigenvalue weighted by Crippen LogP contribution is 2.11. The van der Waals surface area contributed by atoms with Gasteiger partial charge in [-0.3, -0.25) is 15.0 Å². The van der Waals surface area contributed by atoms with E-state index in [2.05, 4.69) is 16.0 Å². The van der Waals surface area contributed by atoms with Crippen LogP contribution in [0.1, 0.15) is 26.2 Å². The number of imide groups is 1. The molecule has 1 atom stereocenters. The molecule has 1 saturated heterocycles. The van der Waals surface area contributed by atoms with E-state index in [1.807, 2.05) is 18.9 Å². The van der Waals surface area contributed by atoms with Crippen molar-refractivity contribution in [1.82, 2.24) is 20.9 Å². The molecule has 0 bridgehead atoms. The van der Waals surface area contributed by atoms with Gasteiger partial charge in [0, 0.05) is 12.6 Å². The fourth-order valence-corrected chi connectivity index (χ4v) is 2.17. The summed E-state index contributed by atoms with van der Waals surface area (Å²) in [6, 6.07) is -0.00146. The van der Waals surface area contributed by atoms with E-state index in [1.165, 1.54) is 0 Å². The zero-order valence-electron chi connectivity index (χ0n) is 11.7. The molecule has 0 radical (unpaired) electrons. The zero-order chi connectivity index (χ0) is 13.4. The topological polar surface area (TPSA) is 73.5 Å². The summed E-state index contributed by atoms with van der Waals surface area (Å²) in [6.07, 6.45) is 3.27. The maximum atomic E-state index is 11.6. The Labute approximate surface area is 121 Å². The lowest BCUT2D eigenvalue weighted by atomic mass is 10.1. The fraction of sp³-hybridized carbons (Fsp3) is 0.833. The quantitative estimate of drug-likeness (QED) is 0.698. The first-order valence-electron chi connectivity index (χ1n) is 6.62. The van der Waals surface area contributed by atoms with Crippen molar-refractivity contribution in [2.45, 2.75) is 32.2 Å². The molecule has 0 aliphatic carbocycles. The van der Waals surface area contributed by atoms with Gasteiger partial charge in [0.15, 0.2) is 0 Å². The number of carbonyl (C=O) groups is 2. The summed E-state index contributed by atoms with van der Waals surface area (Å²) in [6.45, 7) is 4.64. The average Bonchev–Trinajstić information content (AvgIpc) is 2.57. The lowest BCUT2D eigenvalue weighted by Crippen LogP contribution is -2.46. The first-order valence-corrected chi connectivity index (χ1v) is 6.62. The summed E-state index contributed by atoms with van der Waals surface area (Å²) in [5.41, 5.74) is 0. The van der Waals surface area contributed by atoms with Crippen molar-refractivity contribution >= 4 is 24.3 Å². The second-order valence-electron chi connectivity index (χ2n) is 4.66. The second kappa shape index (κ2) is 10.00. The molecule has 112 valence electrons. The van der Waals surface area contributed by atoms with Crippen molar-refractivity contribution < 1.29 is 9.59 Å². The molecule has 1 rings (SSSR count). The first kappa shape index (κ1) is 18.1. The highest BCUT2D eigenvalue weighted by atomic mass is 35.5. The molecule has 0 spiro atoms. The molecule has 19 heavy (non-hydrogen) atoms. The van der Waals surface area contributed by atoms with Gasteiger partial charge in [-0.1, -0.05) is 0 Å². The van der Waals surface area contributed by atoms with Gasteiger partial charge in [-0.25, -0.2) is 4.79 Å². The molecular weight excluding hydrogens is 268 g/mol. The molecule has 7 heteroatoms. The number of rotatable bonds is 4. The van der Waals surface area contributed by atoms with Crippen molar-refractivity contribution in [2.75, 3.05) is 33.2 Å². The van der Waals surface area contributed by atoms with Gasteiger partial charge in [0.1, 0.15) is 0 Å². The summed E-state index contributed by atoms with van der Waals surface area (Å²) in [7, 11) is 1.94. The van der Waals surface area contributed by atoms with Crippen LogP contribution >= 0.6 is 12.4 Å². The van der Waals surface area contributed by atoms with Crippen molar-refractivity contribution in [1.29, 1.82) is 0 Å². The molecule has 0 aromatic heterocycles. The number of likely N-dealkylation sites (N-methyl/N-ethyl adjacent to an activating group) is 1. The standard InChI is InChI=1S/C12H24N4O2.ClH/c1-3-14-12(18)15-11(17)9-16(2)10-5-4-7-13-8-6-10;/h10,13H,3-9H2,1-2H3,(H2,14,15,17,18);1H. The number of carbonyl (C=O) groups excluding carboxylic acids is 2. The van der Waals surface area contributed by atoms with Crippen LogP contribution in [0.15, 0.2) is 0 Å². The predicted molar refractivity (Wildman–Crippen MR) is 77.6 cm³/mol. The van der Waals surface area contributed by atoms with Gasteiger partial charge in [0.05, 0.1) is 6.54 Å². The van der Waals surface area contributed by atoms with Gasteiger partial charge in [-0.05, 0) is 46.3 Å². The van der Waals surface area contributed by atoms with E-state index >= 15 is 0 Å². The number of nitrogens with one attached hydrogen (secondary N) is 3. The maximum absolute atomic E-state index is 11.6. The minimum absolute atomic E-state index is 0. The molecule has 6 nitrogen and oxygen atoms in total. The summed E-state index contributed by atoms with van der Waals surface area (Å²) in [4.78, 5) is 24.9. The average molecular weight is 293 g/mol. The van der Waals surface area contributed by atoms with E-state index in [0.29, 0.717) is 12.6 Å². The minimum Gasteiger partial charge on any atom is -0.338 e. The molecule has 1 heterocycles. The molecule has 1 aliphatic rings. The van der Waals surface area contributed by atoms with Gasteiger partial charge in [-0.2, -0.15) is 0 Å². The molecule has 3 N–H and O–H groups in total. The third kappa shape index (κ3) is 7.34. The van der Waals surface area contributed by atoms with Gasteiger partial charge in [0.2, 0.25) is 5.91 Å². The molecule has 3 amide bonds. The fourth-order valence-electron chi connectivity index (χ4n) is 2.17. The van der Waals surface area contributed by atoms with Crippen LogP contribution < -0.4 is 16.0 Å². The Kier molecular flexibility index (Phi) is 9.55. The molecular formula is C12H25ClN4O2. The van der Waals surface area contributed by atoms with Gasteiger partial charge >= 0.3 is 6.03 Å². The van der Waals surface area contributed by atoms with Crippen LogP contribution in [-0.4, -0.2) is 56.1 Å². The van der Waals surface area contributed by atoms with E-state index < -0.39 is 6.03 Å². The van der Waals surface area contributed by atoms with Crippen molar-refractivity contribution in [2.24, 2.45) is 0 Å². The van der Waals surface area contributed by atoms with Crippen LogP contribution in [-0.2, 0) is 4.79 Å². The van der Waals surface area contributed by atoms with E-state index in [1.54, 1.807) is 0 Å². The molecule has 0 saturated carbocycles. The number of hydrogen-bond acceptors (Lipinski definition) is 4. The van der Waals surface area contributed by atoms with Crippen molar-refractivity contribution in [3.8, 4) is 0 Å². The van der Waals surface area contributed by atoms with Crippen LogP contribution in [0.2, 0.25) is 0 Å². The Hall–Kier alpha value is -0.850. The normalized spacial score (nSPS) is 19.2. The van der Waals surface area contributed by atoms with Gasteiger partial charge in [0.25, 0.3) is 0 Å². The Morgan fingerprint density at radius 2 is 2.05 bits per heavy atom. The first-order chi connectivity index (χ1) is 8.63. The molecule has 0 aromatic rings. The Bertz CT molecular complexity index is 281. The van der Waals surface area contributed by atoms with E-state index in [0.717, 1.165) is 32.4 Å². The Morgan fingerprint density at radius 3 is 2.74 bits per heavy atom. The SMILES string of the molecule is CCNC(=O)NC(=O)CN(C)C1CCCNCC1.Cl. The smallest absolute Gasteiger partial charge is 0.321 e. The summed E-state index contributed by atoms with van der Waals surface area (Å²) in [5.74, 6) is -0.249. The van der Waals surface area contributed by atoms with Gasteiger partial charge in [-0.15, -0.1) is 12.4 Å². The third-order valence-corrected chi connectivity index (χ3v) is 3.15. The number of nitrogens with zero attached hydrogens (tertiary/aromatic N) is 1. The highest BCUT2D eigenvalue weighted by Gasteiger charge is 2.19. The summed E-state index contributed by atoms with van der Waals surface area (Å²) >= 11 is 0. The zero-order valence-corrected chi connectivity index (χ0v) is 12.5. The molecule has 0 aromatic carbocycles. The predicted octanol–water partition coefficient (Wildman–Crippen LogP) is 0.328. The molecule has 1 aliphatic heterocycles. The van der Waals surface area contributed by atoms with E-state index in [9.17, 15) is 9.59 Å². The second-order valence-corrected chi connectivity index (χ2v) is 4.66. The monoisotopic (exact) mass is 292 g/mol. The van der Waals surface area contributed by atoms with E-state index in [4.69, 9.17) is 0 Å². The largest absolute Gasteiger partial charge is 0.338 e. The summed E-state index contributed by atoms with van der Waals surface area (Å²) in [5, 5.41) is 8.20. The highest BCUT2D eigenvalue weighted by molar-refractivity contribution is 5.95. The summed E-state index contributed by atoms with van der Waals surface area (Å²) < 4.78 is 0. The maximum Gasteiger partial charge on any atom is 0.321 e. The van der Waals surface area contributed by atoms with E-state index in [-0.39, 0.29) is 24.9 Å². The Morgan fingerprint density at radius 1 is 1.32 bits per heavy atom. The van der Waals surface area contributed by atoms with Crippen LogP contribution in [0.25, 0.3) is 0 Å². The molecule has 1 unspecified atom stereocenters. The van der Waals surface area contributed by atoms with Crippen LogP contribution in [0.4, 0.5) is 4.79 Å². The number of amides is 3. The minimum atomic E-state index is -0.418. The number of hydrogen-bond donors (Lipinski definition) is 3. The van der Waals surface area contributed by atoms with Crippen LogP contribution in [0.5, 0.6) is 0 Å². The number of urea groups is 1. The van der Waals surface area contributed by atoms with Crippen LogP contribution in [0.3, 0.4) is 0 Å². The lowest BCUT2D eigenvalue weighted by molar-refractivity contribution is -0.121. The molecule has 1 fully saturated rings. The Balaban J connectivity index is 0.00000324. The third-order valence-electron chi connectivity index (χ3n) is 3.15. The van der Waals surface area contributed by atoms with Gasteiger partial charge < -0.3 is 10.6 Å². The van der Waals surface area contributed by atoms with Crippen LogP contribution in [0, 0.1) is 0 Å². The van der Waals surface area contributed by atoms with Crippen molar-refractivity contribution in [3.63, 3.8) is 0 Å². The number of halogens is 1. The lowest BCUT2D eigenvalue weighted by Gasteiger charge is -2.25. The van der Waals surface area contributed by atoms with Crippen molar-refractivity contribution in [3.05, 3.63) is 0 Å².